The summed E-state index contributed by atoms with van der Waals surface area (Å²) in [6.07, 6.45) is 19.4. The second-order valence-electron chi connectivity index (χ2n) is 24.6. The summed E-state index contributed by atoms with van der Waals surface area (Å²) in [5, 5.41) is 46.7. The number of thiazole rings is 3. The largest absolute Gasteiger partial charge is 0.507 e. The second-order valence-corrected chi connectivity index (χ2v) is 27.6. The van der Waals surface area contributed by atoms with Gasteiger partial charge in [0, 0.05) is 109 Å². The number of hydrogen-bond donors (Lipinski definition) is 5. The molecule has 92 heavy (non-hydrogen) atoms. The van der Waals surface area contributed by atoms with Crippen molar-refractivity contribution in [2.24, 2.45) is 0 Å². The molecule has 4 saturated heterocycles. The Morgan fingerprint density at radius 2 is 1.28 bits per heavy atom. The number of fused-ring (bicyclic) bond motifs is 6. The minimum absolute atomic E-state index is 0.0456. The first-order valence-electron chi connectivity index (χ1n) is 30.5. The van der Waals surface area contributed by atoms with E-state index < -0.39 is 23.3 Å². The fourth-order valence-electron chi connectivity index (χ4n) is 13.0. The van der Waals surface area contributed by atoms with E-state index in [0.717, 1.165) is 130 Å². The van der Waals surface area contributed by atoms with E-state index in [1.165, 1.54) is 41.1 Å². The number of imidazole rings is 2. The first-order chi connectivity index (χ1) is 44.4. The number of nitrogens with zero attached hydrogens (tertiary/aromatic N) is 16. The Kier molecular flexibility index (Phi) is 16.4. The molecule has 4 aliphatic rings. The average molecular weight is 1300 g/mol. The van der Waals surface area contributed by atoms with Gasteiger partial charge in [-0.2, -0.15) is 15.1 Å². The second kappa shape index (κ2) is 24.8. The van der Waals surface area contributed by atoms with Crippen LogP contribution in [-0.4, -0.2) is 157 Å². The van der Waals surface area contributed by atoms with Crippen molar-refractivity contribution in [2.45, 2.75) is 101 Å². The zero-order chi connectivity index (χ0) is 63.6. The topological polar surface area (TPSA) is 233 Å². The Balaban J connectivity index is 0.000000120. The molecule has 16 rings (SSSR count). The molecule has 2 bridgehead atoms. The smallest absolute Gasteiger partial charge is 0.194 e. The monoisotopic (exact) mass is 1300 g/mol. The first-order valence-corrected chi connectivity index (χ1v) is 32.9. The van der Waals surface area contributed by atoms with Crippen LogP contribution in [0.3, 0.4) is 0 Å². The molecule has 2 aromatic carbocycles. The lowest BCUT2D eigenvalue weighted by atomic mass is 9.82. The van der Waals surface area contributed by atoms with Gasteiger partial charge in [0.1, 0.15) is 29.1 Å². The summed E-state index contributed by atoms with van der Waals surface area (Å²) in [4.78, 5) is 33.2. The number of alkyl halides is 1. The molecule has 0 amide bonds. The quantitative estimate of drug-likeness (QED) is 0.0758. The summed E-state index contributed by atoms with van der Waals surface area (Å²) in [6, 6.07) is 15.5. The maximum absolute atomic E-state index is 15.6. The van der Waals surface area contributed by atoms with Crippen molar-refractivity contribution < 1.29 is 22.7 Å². The molecule has 28 heteroatoms. The Hall–Kier alpha value is -8.67. The summed E-state index contributed by atoms with van der Waals surface area (Å²) >= 11 is 4.61. The van der Waals surface area contributed by atoms with E-state index in [0.29, 0.717) is 57.1 Å². The Morgan fingerprint density at radius 3 is 1.92 bits per heavy atom. The summed E-state index contributed by atoms with van der Waals surface area (Å²) in [7, 11) is 6.07. The summed E-state index contributed by atoms with van der Waals surface area (Å²) < 4.78 is 65.8. The molecule has 0 unspecified atom stereocenters. The molecule has 4 aliphatic heterocycles. The molecule has 10 aromatic heterocycles. The minimum atomic E-state index is -0.980. The van der Waals surface area contributed by atoms with Crippen LogP contribution in [0.15, 0.2) is 104 Å². The van der Waals surface area contributed by atoms with Crippen molar-refractivity contribution in [2.75, 3.05) is 62.0 Å². The van der Waals surface area contributed by atoms with Gasteiger partial charge in [0.25, 0.3) is 0 Å². The van der Waals surface area contributed by atoms with Gasteiger partial charge in [-0.25, -0.2) is 32.5 Å². The number of anilines is 3. The molecule has 474 valence electrons. The SMILES string of the molecule is CN(c1nc2nnc(-c3cc(F)c(-c4cn[nH]c4)cc3F)cc2s1)C1CCNCC1.CN(c1nc2nnc(-c3ccc(-n4ccnc4)cc3O)cc2s1)C1CCNCC1.Cc1cn2cc(-c3cc4sc(N(C)[C@H]5C[C@]6(C)CC[C@@](C)(N6)[C@H]5F)nc4cn3)cc(F)c2n1. The fraction of sp³-hybridized carbons (Fsp3) is 0.359. The highest BCUT2D eigenvalue weighted by molar-refractivity contribution is 7.23. The maximum atomic E-state index is 15.6. The number of halogens is 4. The third kappa shape index (κ3) is 12.0. The van der Waals surface area contributed by atoms with Gasteiger partial charge in [-0.3, -0.25) is 10.1 Å². The zero-order valence-corrected chi connectivity index (χ0v) is 53.7. The van der Waals surface area contributed by atoms with Gasteiger partial charge in [0.2, 0.25) is 0 Å². The van der Waals surface area contributed by atoms with E-state index in [4.69, 9.17) is 4.98 Å². The number of phenolic OH excluding ortho intramolecular Hbond substituents is 1. The molecule has 12 aromatic rings. The van der Waals surface area contributed by atoms with Crippen LogP contribution in [0.1, 0.15) is 64.5 Å². The van der Waals surface area contributed by atoms with Gasteiger partial charge in [-0.1, -0.05) is 34.0 Å². The highest BCUT2D eigenvalue weighted by atomic mass is 32.1. The number of aromatic amines is 1. The molecule has 0 aliphatic carbocycles. The van der Waals surface area contributed by atoms with Crippen LogP contribution in [0.4, 0.5) is 33.0 Å². The molecular weight excluding hydrogens is 1240 g/mol. The van der Waals surface area contributed by atoms with Crippen LogP contribution >= 0.6 is 34.0 Å². The maximum Gasteiger partial charge on any atom is 0.194 e. The van der Waals surface area contributed by atoms with E-state index in [9.17, 15) is 18.3 Å². The molecule has 0 saturated carbocycles. The number of phenols is 1. The predicted octanol–water partition coefficient (Wildman–Crippen LogP) is 11.3. The molecule has 0 radical (unpaired) electrons. The number of aromatic nitrogens is 14. The normalized spacial score (nSPS) is 20.2. The van der Waals surface area contributed by atoms with Crippen LogP contribution in [0.25, 0.3) is 87.1 Å². The van der Waals surface area contributed by atoms with Gasteiger partial charge in [0.05, 0.1) is 67.3 Å². The number of nitrogens with one attached hydrogen (secondary N) is 4. The minimum Gasteiger partial charge on any atom is -0.507 e. The zero-order valence-electron chi connectivity index (χ0n) is 51.2. The molecule has 4 fully saturated rings. The van der Waals surface area contributed by atoms with Gasteiger partial charge >= 0.3 is 0 Å². The van der Waals surface area contributed by atoms with Gasteiger partial charge in [0.15, 0.2) is 38.2 Å². The third-order valence-corrected chi connectivity index (χ3v) is 21.5. The fourth-order valence-corrected chi connectivity index (χ4v) is 16.0. The number of aryl methyl sites for hydroxylation is 1. The standard InChI is InChI=1S/C24H26F2N6S.C20H19F2N7S.C20H21N7OS/c1-13-11-32-12-14(7-15(25)21(32)28-13)16-8-19-17(10-27-16)29-22(33-19)31(4)18-9-23(2)5-6-24(3,30-23)20(18)26;1-29(12-2-4-23-5-3-12)20-26-19-18(30-20)8-17(27-28-19)14-7-15(21)13(6-16(14)22)11-9-24-25-10-11;1-26(13-4-6-21-7-5-13)20-23-19-18(29-20)11-16(24-25-19)15-3-2-14(10-17(15)28)27-9-8-22-12-27/h7-8,10-12,18,20,30H,5-6,9H2,1-4H3;6-10,12,23H,2-5H2,1H3,(H,24,25);2-3,8-13,21,28H,4-7H2,1H3/t18-,20-,23-,24+;;/m0../s1. The van der Waals surface area contributed by atoms with Crippen molar-refractivity contribution in [3.05, 3.63) is 127 Å². The van der Waals surface area contributed by atoms with Gasteiger partial charge < -0.3 is 44.7 Å². The van der Waals surface area contributed by atoms with Crippen molar-refractivity contribution in [1.29, 1.82) is 0 Å². The van der Waals surface area contributed by atoms with E-state index in [1.54, 1.807) is 52.8 Å². The van der Waals surface area contributed by atoms with E-state index in [-0.39, 0.29) is 40.0 Å². The lowest BCUT2D eigenvalue weighted by Crippen LogP contribution is -2.65. The van der Waals surface area contributed by atoms with Crippen molar-refractivity contribution in [3.63, 3.8) is 0 Å². The third-order valence-electron chi connectivity index (χ3n) is 18.2. The van der Waals surface area contributed by atoms with Crippen molar-refractivity contribution in [3.8, 4) is 56.3 Å². The predicted molar refractivity (Wildman–Crippen MR) is 353 cm³/mol. The molecule has 14 heterocycles. The highest BCUT2D eigenvalue weighted by Crippen LogP contribution is 2.47. The number of pyridine rings is 2. The van der Waals surface area contributed by atoms with Gasteiger partial charge in [-0.15, -0.1) is 20.4 Å². The molecule has 5 N–H and O–H groups in total. The van der Waals surface area contributed by atoms with E-state index >= 15 is 4.39 Å². The number of H-pyrrole nitrogens is 1. The number of piperidine rings is 3. The summed E-state index contributed by atoms with van der Waals surface area (Å²) in [5.74, 6) is -1.35. The lowest BCUT2D eigenvalue weighted by molar-refractivity contribution is 0.0862. The van der Waals surface area contributed by atoms with E-state index in [2.05, 4.69) is 95.2 Å². The number of benzene rings is 2. The Morgan fingerprint density at radius 1 is 0.652 bits per heavy atom. The number of aromatic hydroxyl groups is 1. The summed E-state index contributed by atoms with van der Waals surface area (Å²) in [6.45, 7) is 10.1. The van der Waals surface area contributed by atoms with E-state index in [1.807, 2.05) is 74.1 Å². The molecule has 21 nitrogen and oxygen atoms in total. The van der Waals surface area contributed by atoms with Gasteiger partial charge in [-0.05, 0) is 140 Å². The van der Waals surface area contributed by atoms with Crippen molar-refractivity contribution >= 4 is 86.0 Å². The Bertz CT molecular complexity index is 4640. The lowest BCUT2D eigenvalue weighted by Gasteiger charge is -2.47. The molecule has 4 atom stereocenters. The van der Waals surface area contributed by atoms with Crippen LogP contribution < -0.4 is 30.7 Å². The first kappa shape index (κ1) is 60.9. The molecular formula is C64H66F4N20OS3. The summed E-state index contributed by atoms with van der Waals surface area (Å²) in [5.41, 5.74) is 6.83. The molecule has 0 spiro atoms. The van der Waals surface area contributed by atoms with Crippen molar-refractivity contribution in [1.82, 2.24) is 85.4 Å². The number of rotatable bonds is 11. The van der Waals surface area contributed by atoms with Crippen LogP contribution in [-0.2, 0) is 0 Å². The average Bonchev–Trinajstić information content (AvgIpc) is 1.59. The highest BCUT2D eigenvalue weighted by Gasteiger charge is 2.56. The Labute approximate surface area is 538 Å². The van der Waals surface area contributed by atoms with Crippen LogP contribution in [0, 0.1) is 24.4 Å². The van der Waals surface area contributed by atoms with Crippen LogP contribution in [0.5, 0.6) is 5.75 Å². The van der Waals surface area contributed by atoms with Crippen LogP contribution in [0.2, 0.25) is 0 Å². The number of hydrogen-bond acceptors (Lipinski definition) is 21.